The van der Waals surface area contributed by atoms with Crippen molar-refractivity contribution >= 4 is 77.0 Å². The summed E-state index contributed by atoms with van der Waals surface area (Å²) in [5.74, 6) is -4.13. The Kier molecular flexibility index (Phi) is 8.78. The highest BCUT2D eigenvalue weighted by Gasteiger charge is 2.25. The van der Waals surface area contributed by atoms with Crippen molar-refractivity contribution in [2.45, 2.75) is 16.7 Å². The van der Waals surface area contributed by atoms with Crippen molar-refractivity contribution in [1.82, 2.24) is 0 Å². The fourth-order valence-corrected chi connectivity index (χ4v) is 5.27. The molecular weight excluding hydrogens is 656 g/mol. The number of aromatic carboxylic acids is 1. The summed E-state index contributed by atoms with van der Waals surface area (Å²) in [6.45, 7) is 1.18. The van der Waals surface area contributed by atoms with Crippen molar-refractivity contribution in [1.29, 1.82) is 0 Å². The molecule has 0 saturated heterocycles. The summed E-state index contributed by atoms with van der Waals surface area (Å²) in [5, 5.41) is 58.7. The van der Waals surface area contributed by atoms with Gasteiger partial charge < -0.3 is 20.6 Å². The van der Waals surface area contributed by atoms with Gasteiger partial charge in [0.05, 0.1) is 16.0 Å². The highest BCUT2D eigenvalue weighted by atomic mass is 32.2. The van der Waals surface area contributed by atoms with E-state index in [0.29, 0.717) is 0 Å². The molecule has 19 nitrogen and oxygen atoms in total. The van der Waals surface area contributed by atoms with Crippen molar-refractivity contribution < 1.29 is 55.8 Å². The van der Waals surface area contributed by atoms with Gasteiger partial charge >= 0.3 is 5.97 Å². The number of carbonyl (C=O) groups is 2. The van der Waals surface area contributed by atoms with Crippen LogP contribution in [0.2, 0.25) is 0 Å². The van der Waals surface area contributed by atoms with Crippen LogP contribution in [-0.2, 0) is 25.0 Å². The first-order valence-corrected chi connectivity index (χ1v) is 15.0. The summed E-state index contributed by atoms with van der Waals surface area (Å²) >= 11 is 0. The number of phenolic OH excluding ortho intramolecular Hbond substituents is 2. The van der Waals surface area contributed by atoms with Gasteiger partial charge in [0.1, 0.15) is 32.4 Å². The SMILES string of the molecule is CC(=O)Nc1ccc(S(=O)(=O)O)c(/N=N/c2ccc3cc(S(=O)(=O)O)c(/N=N/c4ccc([N+](=O)[O-])c(C(=O)O)c4)c(O)c3c2O)c1. The number of nitrogens with one attached hydrogen (secondary N) is 1. The third kappa shape index (κ3) is 6.91. The van der Waals surface area contributed by atoms with Crippen molar-refractivity contribution in [3.8, 4) is 11.5 Å². The molecule has 0 aliphatic heterocycles. The molecule has 4 aromatic rings. The third-order valence-electron chi connectivity index (χ3n) is 5.94. The number of carboxylic acid groups (broad SMARTS) is 1. The van der Waals surface area contributed by atoms with Gasteiger partial charge in [-0.1, -0.05) is 6.07 Å². The lowest BCUT2D eigenvalue weighted by molar-refractivity contribution is -0.385. The van der Waals surface area contributed by atoms with Crippen LogP contribution >= 0.6 is 0 Å². The zero-order chi connectivity index (χ0) is 34.1. The maximum absolute atomic E-state index is 12.1. The Morgan fingerprint density at radius 3 is 2.04 bits per heavy atom. The molecule has 0 aromatic heterocycles. The maximum Gasteiger partial charge on any atom is 0.342 e. The van der Waals surface area contributed by atoms with Gasteiger partial charge in [0.25, 0.3) is 25.9 Å². The first-order valence-electron chi connectivity index (χ1n) is 12.1. The van der Waals surface area contributed by atoms with Crippen LogP contribution in [0.25, 0.3) is 10.8 Å². The molecule has 0 fully saturated rings. The smallest absolute Gasteiger partial charge is 0.342 e. The van der Waals surface area contributed by atoms with Crippen LogP contribution < -0.4 is 5.32 Å². The Morgan fingerprint density at radius 2 is 1.46 bits per heavy atom. The molecule has 4 aromatic carbocycles. The van der Waals surface area contributed by atoms with E-state index in [1.54, 1.807) is 0 Å². The van der Waals surface area contributed by atoms with E-state index in [1.807, 2.05) is 0 Å². The number of phenols is 2. The van der Waals surface area contributed by atoms with Crippen LogP contribution in [0.15, 0.2) is 84.8 Å². The monoisotopic (exact) mass is 674 g/mol. The Bertz CT molecular complexity index is 2250. The quantitative estimate of drug-likeness (QED) is 0.0580. The molecule has 0 atom stereocenters. The van der Waals surface area contributed by atoms with Crippen LogP contribution in [0.5, 0.6) is 11.5 Å². The van der Waals surface area contributed by atoms with Gasteiger partial charge in [-0.25, -0.2) is 4.79 Å². The molecule has 0 aliphatic rings. The lowest BCUT2D eigenvalue weighted by atomic mass is 10.1. The largest absolute Gasteiger partial charge is 0.505 e. The topological polar surface area (TPSA) is 308 Å². The summed E-state index contributed by atoms with van der Waals surface area (Å²) in [6, 6.07) is 8.65. The number of azo groups is 2. The number of nitrogens with zero attached hydrogens (tertiary/aromatic N) is 5. The first-order chi connectivity index (χ1) is 21.4. The molecule has 0 radical (unpaired) electrons. The zero-order valence-electron chi connectivity index (χ0n) is 22.8. The molecule has 0 aliphatic carbocycles. The first kappa shape index (κ1) is 33.0. The van der Waals surface area contributed by atoms with Gasteiger partial charge in [0, 0.05) is 18.7 Å². The van der Waals surface area contributed by atoms with Crippen molar-refractivity contribution in [3.05, 3.63) is 70.3 Å². The molecule has 0 bridgehead atoms. The number of rotatable bonds is 9. The number of carboxylic acids is 1. The van der Waals surface area contributed by atoms with Crippen molar-refractivity contribution in [2.75, 3.05) is 5.32 Å². The lowest BCUT2D eigenvalue weighted by Crippen LogP contribution is -2.06. The van der Waals surface area contributed by atoms with E-state index in [4.69, 9.17) is 0 Å². The van der Waals surface area contributed by atoms with E-state index in [9.17, 15) is 61.0 Å². The molecule has 0 spiro atoms. The average molecular weight is 675 g/mol. The van der Waals surface area contributed by atoms with E-state index in [-0.39, 0.29) is 16.8 Å². The van der Waals surface area contributed by atoms with Crippen LogP contribution in [-0.4, -0.2) is 58.1 Å². The van der Waals surface area contributed by atoms with E-state index in [0.717, 1.165) is 54.6 Å². The van der Waals surface area contributed by atoms with E-state index in [2.05, 4.69) is 25.8 Å². The Labute approximate surface area is 256 Å². The number of hydrogen-bond donors (Lipinski definition) is 6. The lowest BCUT2D eigenvalue weighted by Gasteiger charge is -2.11. The molecule has 4 rings (SSSR count). The highest BCUT2D eigenvalue weighted by Crippen LogP contribution is 2.48. The average Bonchev–Trinajstić information content (AvgIpc) is 2.94. The predicted octanol–water partition coefficient (Wildman–Crippen LogP) is 5.14. The number of nitro groups is 1. The summed E-state index contributed by atoms with van der Waals surface area (Å²) < 4.78 is 67.3. The van der Waals surface area contributed by atoms with Crippen molar-refractivity contribution in [3.63, 3.8) is 0 Å². The molecule has 0 unspecified atom stereocenters. The fourth-order valence-electron chi connectivity index (χ4n) is 4.01. The highest BCUT2D eigenvalue weighted by molar-refractivity contribution is 7.86. The second-order valence-corrected chi connectivity index (χ2v) is 11.9. The van der Waals surface area contributed by atoms with Gasteiger partial charge in [-0.15, -0.1) is 15.3 Å². The number of fused-ring (bicyclic) bond motifs is 1. The van der Waals surface area contributed by atoms with Crippen LogP contribution in [0, 0.1) is 10.1 Å². The van der Waals surface area contributed by atoms with Gasteiger partial charge in [0.2, 0.25) is 5.91 Å². The van der Waals surface area contributed by atoms with Gasteiger partial charge in [-0.3, -0.25) is 24.0 Å². The van der Waals surface area contributed by atoms with Gasteiger partial charge in [-0.05, 0) is 47.9 Å². The van der Waals surface area contributed by atoms with Crippen LogP contribution in [0.1, 0.15) is 17.3 Å². The zero-order valence-corrected chi connectivity index (χ0v) is 24.4. The summed E-state index contributed by atoms with van der Waals surface area (Å²) in [6.07, 6.45) is 0. The second kappa shape index (κ2) is 12.2. The van der Waals surface area contributed by atoms with E-state index in [1.165, 1.54) is 6.92 Å². The minimum absolute atomic E-state index is 0.0745. The standard InChI is InChI=1S/C25H18N6O13S2/c1-11(32)26-13-4-7-19(45(39,40)41)17(10-13)29-28-16-5-2-12-8-20(46(42,43)44)22(24(34)21(12)23(16)33)30-27-14-3-6-18(31(37)38)15(9-14)25(35)36/h2-10,33-34H,1H3,(H,26,32)(H,35,36)(H,39,40,41)(H,42,43,44)/b29-28+,30-27+. The summed E-state index contributed by atoms with van der Waals surface area (Å²) in [5.41, 5.74) is -3.68. The molecule has 0 heterocycles. The summed E-state index contributed by atoms with van der Waals surface area (Å²) in [7, 11) is -9.96. The number of benzene rings is 4. The van der Waals surface area contributed by atoms with Crippen molar-refractivity contribution in [2.24, 2.45) is 20.5 Å². The molecule has 46 heavy (non-hydrogen) atoms. The molecule has 0 saturated carbocycles. The molecular formula is C25H18N6O13S2. The Hall–Kier alpha value is -5.90. The number of aromatic hydroxyl groups is 2. The molecule has 1 amide bonds. The fraction of sp³-hybridized carbons (Fsp3) is 0.0400. The van der Waals surface area contributed by atoms with Crippen LogP contribution in [0.4, 0.5) is 34.1 Å². The minimum Gasteiger partial charge on any atom is -0.505 e. The Balaban J connectivity index is 1.88. The van der Waals surface area contributed by atoms with Gasteiger partial charge in [0.15, 0.2) is 11.5 Å². The number of carbonyl (C=O) groups excluding carboxylic acids is 1. The number of amides is 1. The van der Waals surface area contributed by atoms with E-state index >= 15 is 0 Å². The van der Waals surface area contributed by atoms with E-state index < -0.39 is 92.0 Å². The molecule has 238 valence electrons. The van der Waals surface area contributed by atoms with Crippen LogP contribution in [0.3, 0.4) is 0 Å². The Morgan fingerprint density at radius 1 is 0.804 bits per heavy atom. The number of hydrogen-bond acceptors (Lipinski definition) is 14. The number of anilines is 1. The second-order valence-electron chi connectivity index (χ2n) is 9.08. The summed E-state index contributed by atoms with van der Waals surface area (Å²) in [4.78, 5) is 31.3. The molecule has 21 heteroatoms. The predicted molar refractivity (Wildman–Crippen MR) is 156 cm³/mol. The van der Waals surface area contributed by atoms with Gasteiger partial charge in [-0.2, -0.15) is 21.9 Å². The third-order valence-corrected chi connectivity index (χ3v) is 7.71. The maximum atomic E-state index is 12.1. The number of nitro benzene ring substituents is 1. The minimum atomic E-state index is -5.12. The molecule has 6 N–H and O–H groups in total. The normalized spacial score (nSPS) is 12.2.